The highest BCUT2D eigenvalue weighted by Gasteiger charge is 2.15. The summed E-state index contributed by atoms with van der Waals surface area (Å²) in [5, 5.41) is 0.843. The topological polar surface area (TPSA) is 93.9 Å². The molecule has 0 bridgehead atoms. The third kappa shape index (κ3) is 4.05. The second-order valence-corrected chi connectivity index (χ2v) is 6.07. The first-order chi connectivity index (χ1) is 9.87. The van der Waals surface area contributed by atoms with E-state index in [-0.39, 0.29) is 5.41 Å². The minimum atomic E-state index is -0.463. The van der Waals surface area contributed by atoms with Crippen LogP contribution < -0.4 is 10.5 Å². The number of nitrogens with zero attached hydrogens (tertiary/aromatic N) is 2. The maximum atomic E-state index is 10.7. The van der Waals surface area contributed by atoms with Crippen LogP contribution >= 0.6 is 0 Å². The van der Waals surface area contributed by atoms with Gasteiger partial charge in [-0.1, -0.05) is 26.8 Å². The largest absolute Gasteiger partial charge is 0.477 e. The molecule has 21 heavy (non-hydrogen) atoms. The van der Waals surface area contributed by atoms with E-state index in [1.54, 1.807) is 6.08 Å². The number of carbonyl (C=O) groups excluding carboxylic acids is 1. The number of hydrogen-bond acceptors (Lipinski definition) is 4. The van der Waals surface area contributed by atoms with Crippen molar-refractivity contribution in [3.63, 3.8) is 0 Å². The fraction of sp³-hybridized carbons (Fsp3) is 0.400. The van der Waals surface area contributed by atoms with E-state index in [9.17, 15) is 4.79 Å². The molecule has 0 aromatic carbocycles. The van der Waals surface area contributed by atoms with Crippen molar-refractivity contribution in [1.29, 1.82) is 0 Å². The lowest BCUT2D eigenvalue weighted by Gasteiger charge is -2.18. The number of H-pyrrole nitrogens is 1. The molecule has 0 radical (unpaired) electrons. The molecule has 0 saturated carbocycles. The van der Waals surface area contributed by atoms with Gasteiger partial charge < -0.3 is 15.5 Å². The summed E-state index contributed by atoms with van der Waals surface area (Å²) < 4.78 is 5.82. The molecule has 0 aliphatic heterocycles. The summed E-state index contributed by atoms with van der Waals surface area (Å²) in [7, 11) is 0. The molecule has 112 valence electrons. The Morgan fingerprint density at radius 3 is 2.86 bits per heavy atom. The Morgan fingerprint density at radius 2 is 2.19 bits per heavy atom. The number of aromatic nitrogens is 3. The standard InChI is InChI=1S/C15H20N4O2/c1-15(2,3)8-21-14-12-10(5-4-6-11(16)20)7-17-13(12)18-9-19-14/h4,6-7,9H,5,8H2,1-3H3,(H2,16,20)(H,17,18,19)/b6-4+. The van der Waals surface area contributed by atoms with E-state index in [2.05, 4.69) is 35.7 Å². The van der Waals surface area contributed by atoms with Crippen LogP contribution in [-0.4, -0.2) is 27.5 Å². The first-order valence-electron chi connectivity index (χ1n) is 6.76. The van der Waals surface area contributed by atoms with Gasteiger partial charge in [0.15, 0.2) is 0 Å². The van der Waals surface area contributed by atoms with Crippen molar-refractivity contribution in [2.45, 2.75) is 27.2 Å². The zero-order valence-electron chi connectivity index (χ0n) is 12.5. The van der Waals surface area contributed by atoms with E-state index in [1.165, 1.54) is 12.4 Å². The van der Waals surface area contributed by atoms with Crippen LogP contribution in [0.4, 0.5) is 0 Å². The summed E-state index contributed by atoms with van der Waals surface area (Å²) >= 11 is 0. The minimum absolute atomic E-state index is 0.0413. The molecule has 2 aromatic rings. The normalized spacial score (nSPS) is 12.1. The van der Waals surface area contributed by atoms with E-state index in [1.807, 2.05) is 6.20 Å². The molecule has 3 N–H and O–H groups in total. The lowest BCUT2D eigenvalue weighted by Crippen LogP contribution is -2.17. The van der Waals surface area contributed by atoms with Gasteiger partial charge in [-0.25, -0.2) is 9.97 Å². The molecular weight excluding hydrogens is 268 g/mol. The second kappa shape index (κ2) is 5.95. The van der Waals surface area contributed by atoms with Crippen LogP contribution in [0.1, 0.15) is 26.3 Å². The predicted octanol–water partition coefficient (Wildman–Crippen LogP) is 1.97. The van der Waals surface area contributed by atoms with Crippen LogP contribution in [0, 0.1) is 5.41 Å². The highest BCUT2D eigenvalue weighted by Crippen LogP contribution is 2.27. The van der Waals surface area contributed by atoms with Gasteiger partial charge in [0.2, 0.25) is 11.8 Å². The fourth-order valence-corrected chi connectivity index (χ4v) is 1.85. The van der Waals surface area contributed by atoms with Gasteiger partial charge in [-0.05, 0) is 23.5 Å². The Kier molecular flexibility index (Phi) is 4.26. The number of hydrogen-bond donors (Lipinski definition) is 2. The third-order valence-electron chi connectivity index (χ3n) is 2.78. The van der Waals surface area contributed by atoms with E-state index >= 15 is 0 Å². The number of primary amides is 1. The Balaban J connectivity index is 2.28. The molecule has 0 aliphatic rings. The quantitative estimate of drug-likeness (QED) is 0.822. The average Bonchev–Trinajstić information content (AvgIpc) is 2.79. The molecule has 0 aliphatic carbocycles. The van der Waals surface area contributed by atoms with Gasteiger partial charge in [-0.15, -0.1) is 0 Å². The molecule has 6 nitrogen and oxygen atoms in total. The maximum absolute atomic E-state index is 10.7. The Morgan fingerprint density at radius 1 is 1.43 bits per heavy atom. The summed E-state index contributed by atoms with van der Waals surface area (Å²) in [5.74, 6) is 0.0916. The lowest BCUT2D eigenvalue weighted by molar-refractivity contribution is -0.113. The van der Waals surface area contributed by atoms with Crippen molar-refractivity contribution in [1.82, 2.24) is 15.0 Å². The Labute approximate surface area is 123 Å². The van der Waals surface area contributed by atoms with Gasteiger partial charge in [0, 0.05) is 6.20 Å². The van der Waals surface area contributed by atoms with Crippen LogP contribution in [0.3, 0.4) is 0 Å². The van der Waals surface area contributed by atoms with Crippen LogP contribution in [-0.2, 0) is 11.2 Å². The first kappa shape index (κ1) is 15.0. The van der Waals surface area contributed by atoms with Gasteiger partial charge >= 0.3 is 0 Å². The zero-order valence-corrected chi connectivity index (χ0v) is 12.5. The molecule has 2 heterocycles. The molecule has 0 saturated heterocycles. The van der Waals surface area contributed by atoms with Gasteiger partial charge in [0.05, 0.1) is 12.0 Å². The highest BCUT2D eigenvalue weighted by atomic mass is 16.5. The number of amides is 1. The summed E-state index contributed by atoms with van der Waals surface area (Å²) in [4.78, 5) is 22.2. The van der Waals surface area contributed by atoms with Crippen LogP contribution in [0.5, 0.6) is 5.88 Å². The minimum Gasteiger partial charge on any atom is -0.477 e. The molecule has 0 unspecified atom stereocenters. The van der Waals surface area contributed by atoms with E-state index < -0.39 is 5.91 Å². The first-order valence-corrected chi connectivity index (χ1v) is 6.76. The fourth-order valence-electron chi connectivity index (χ4n) is 1.85. The van der Waals surface area contributed by atoms with Crippen molar-refractivity contribution >= 4 is 16.9 Å². The summed E-state index contributed by atoms with van der Waals surface area (Å²) in [6.45, 7) is 6.85. The van der Waals surface area contributed by atoms with Gasteiger partial charge in [-0.2, -0.15) is 0 Å². The molecular formula is C15H20N4O2. The van der Waals surface area contributed by atoms with Crippen LogP contribution in [0.25, 0.3) is 11.0 Å². The van der Waals surface area contributed by atoms with Crippen molar-refractivity contribution in [2.24, 2.45) is 11.1 Å². The third-order valence-corrected chi connectivity index (χ3v) is 2.78. The number of nitrogens with two attached hydrogens (primary N) is 1. The summed E-state index contributed by atoms with van der Waals surface area (Å²) in [5.41, 5.74) is 6.81. The highest BCUT2D eigenvalue weighted by molar-refractivity contribution is 5.87. The monoisotopic (exact) mass is 288 g/mol. The lowest BCUT2D eigenvalue weighted by atomic mass is 9.99. The van der Waals surface area contributed by atoms with E-state index in [0.29, 0.717) is 18.9 Å². The van der Waals surface area contributed by atoms with Crippen LogP contribution in [0.15, 0.2) is 24.7 Å². The van der Waals surface area contributed by atoms with Crippen LogP contribution in [0.2, 0.25) is 0 Å². The number of allylic oxidation sites excluding steroid dienone is 1. The second-order valence-electron chi connectivity index (χ2n) is 6.07. The molecule has 6 heteroatoms. The SMILES string of the molecule is CC(C)(C)COc1ncnc2[nH]cc(C/C=C/C(N)=O)c12. The van der Waals surface area contributed by atoms with E-state index in [4.69, 9.17) is 10.5 Å². The Bertz CT molecular complexity index is 668. The molecule has 0 fully saturated rings. The maximum Gasteiger partial charge on any atom is 0.241 e. The number of ether oxygens (including phenoxy) is 1. The predicted molar refractivity (Wildman–Crippen MR) is 80.9 cm³/mol. The number of nitrogens with one attached hydrogen (secondary N) is 1. The Hall–Kier alpha value is -2.37. The van der Waals surface area contributed by atoms with Crippen molar-refractivity contribution in [2.75, 3.05) is 6.61 Å². The zero-order chi connectivity index (χ0) is 15.5. The van der Waals surface area contributed by atoms with Crippen molar-refractivity contribution < 1.29 is 9.53 Å². The number of rotatable bonds is 5. The molecule has 2 rings (SSSR count). The van der Waals surface area contributed by atoms with E-state index in [0.717, 1.165) is 16.6 Å². The molecule has 2 aromatic heterocycles. The molecule has 0 atom stereocenters. The summed E-state index contributed by atoms with van der Waals surface area (Å²) in [6.07, 6.45) is 6.93. The smallest absolute Gasteiger partial charge is 0.241 e. The van der Waals surface area contributed by atoms with Gasteiger partial charge in [0.25, 0.3) is 0 Å². The summed E-state index contributed by atoms with van der Waals surface area (Å²) in [6, 6.07) is 0. The van der Waals surface area contributed by atoms with Crippen molar-refractivity contribution in [3.05, 3.63) is 30.2 Å². The van der Waals surface area contributed by atoms with Crippen molar-refractivity contribution in [3.8, 4) is 5.88 Å². The van der Waals surface area contributed by atoms with Gasteiger partial charge in [-0.3, -0.25) is 4.79 Å². The number of aromatic amines is 1. The molecule has 0 spiro atoms. The number of carbonyl (C=O) groups is 1. The van der Waals surface area contributed by atoms with Gasteiger partial charge in [0.1, 0.15) is 12.0 Å². The molecule has 1 amide bonds. The number of fused-ring (bicyclic) bond motifs is 1. The average molecular weight is 288 g/mol.